The first-order chi connectivity index (χ1) is 9.70. The monoisotopic (exact) mass is 273 g/mol. The molecule has 3 nitrogen and oxygen atoms in total. The lowest BCUT2D eigenvalue weighted by Gasteiger charge is -2.27. The maximum absolute atomic E-state index is 13.8. The van der Waals surface area contributed by atoms with Crippen LogP contribution in [0.25, 0.3) is 10.9 Å². The standard InChI is InChI=1S/C16H20FN3/c1-20(15(9-18)11-4-5-11)10-12-6-7-14(17)13-3-2-8-19-16(12)13/h2-3,6-8,11,15H,4-5,9-10,18H2,1H3. The largest absolute Gasteiger partial charge is 0.329 e. The predicted octanol–water partition coefficient (Wildman–Crippen LogP) is 2.54. The average Bonchev–Trinajstić information content (AvgIpc) is 3.28. The van der Waals surface area contributed by atoms with E-state index >= 15 is 0 Å². The molecule has 1 atom stereocenters. The van der Waals surface area contributed by atoms with Gasteiger partial charge >= 0.3 is 0 Å². The van der Waals surface area contributed by atoms with E-state index < -0.39 is 0 Å². The van der Waals surface area contributed by atoms with Crippen molar-refractivity contribution >= 4 is 10.9 Å². The van der Waals surface area contributed by atoms with Crippen LogP contribution in [0.3, 0.4) is 0 Å². The van der Waals surface area contributed by atoms with Crippen LogP contribution >= 0.6 is 0 Å². The molecule has 0 aliphatic heterocycles. The third-order valence-corrected chi connectivity index (χ3v) is 4.19. The molecule has 1 aromatic carbocycles. The van der Waals surface area contributed by atoms with Crippen LogP contribution in [0.5, 0.6) is 0 Å². The van der Waals surface area contributed by atoms with Crippen LogP contribution in [0.1, 0.15) is 18.4 Å². The Kier molecular flexibility index (Phi) is 3.68. The minimum absolute atomic E-state index is 0.211. The average molecular weight is 273 g/mol. The van der Waals surface area contributed by atoms with Gasteiger partial charge in [0.25, 0.3) is 0 Å². The summed E-state index contributed by atoms with van der Waals surface area (Å²) in [6.07, 6.45) is 4.26. The molecule has 0 bridgehead atoms. The topological polar surface area (TPSA) is 42.2 Å². The van der Waals surface area contributed by atoms with Crippen molar-refractivity contribution in [3.05, 3.63) is 41.8 Å². The van der Waals surface area contributed by atoms with Gasteiger partial charge in [-0.1, -0.05) is 6.07 Å². The highest BCUT2D eigenvalue weighted by Gasteiger charge is 2.32. The summed E-state index contributed by atoms with van der Waals surface area (Å²) < 4.78 is 13.8. The Hall–Kier alpha value is -1.52. The number of halogens is 1. The minimum Gasteiger partial charge on any atom is -0.329 e. The Labute approximate surface area is 118 Å². The van der Waals surface area contributed by atoms with E-state index in [9.17, 15) is 4.39 Å². The van der Waals surface area contributed by atoms with E-state index in [-0.39, 0.29) is 5.82 Å². The number of hydrogen-bond acceptors (Lipinski definition) is 3. The first-order valence-electron chi connectivity index (χ1n) is 7.13. The normalized spacial score (nSPS) is 16.8. The van der Waals surface area contributed by atoms with Crippen molar-refractivity contribution in [2.75, 3.05) is 13.6 Å². The predicted molar refractivity (Wildman–Crippen MR) is 78.7 cm³/mol. The van der Waals surface area contributed by atoms with Crippen LogP contribution in [-0.4, -0.2) is 29.5 Å². The second-order valence-electron chi connectivity index (χ2n) is 5.66. The lowest BCUT2D eigenvalue weighted by Crippen LogP contribution is -2.39. The number of fused-ring (bicyclic) bond motifs is 1. The molecule has 0 spiro atoms. The number of hydrogen-bond donors (Lipinski definition) is 1. The molecular formula is C16H20FN3. The fraction of sp³-hybridized carbons (Fsp3) is 0.438. The summed E-state index contributed by atoms with van der Waals surface area (Å²) in [7, 11) is 2.09. The molecule has 1 aliphatic carbocycles. The molecule has 0 radical (unpaired) electrons. The Morgan fingerprint density at radius 1 is 1.40 bits per heavy atom. The van der Waals surface area contributed by atoms with Crippen molar-refractivity contribution in [3.8, 4) is 0 Å². The molecule has 0 saturated heterocycles. The van der Waals surface area contributed by atoms with E-state index in [0.717, 1.165) is 23.5 Å². The summed E-state index contributed by atoms with van der Waals surface area (Å²) in [5.41, 5.74) is 7.70. The molecule has 1 saturated carbocycles. The van der Waals surface area contributed by atoms with Crippen molar-refractivity contribution < 1.29 is 4.39 Å². The first-order valence-corrected chi connectivity index (χ1v) is 7.13. The van der Waals surface area contributed by atoms with E-state index in [0.29, 0.717) is 18.0 Å². The van der Waals surface area contributed by atoms with E-state index in [1.165, 1.54) is 18.9 Å². The van der Waals surface area contributed by atoms with Crippen LogP contribution in [0.15, 0.2) is 30.5 Å². The van der Waals surface area contributed by atoms with Gasteiger partial charge in [0.05, 0.1) is 5.52 Å². The van der Waals surface area contributed by atoms with Gasteiger partial charge in [-0.3, -0.25) is 9.88 Å². The third kappa shape index (κ3) is 2.53. The van der Waals surface area contributed by atoms with Crippen LogP contribution in [0.2, 0.25) is 0 Å². The molecule has 2 aromatic rings. The number of nitrogens with zero attached hydrogens (tertiary/aromatic N) is 2. The summed E-state index contributed by atoms with van der Waals surface area (Å²) >= 11 is 0. The lowest BCUT2D eigenvalue weighted by atomic mass is 10.1. The number of likely N-dealkylation sites (N-methyl/N-ethyl adjacent to an activating group) is 1. The Morgan fingerprint density at radius 3 is 2.90 bits per heavy atom. The van der Waals surface area contributed by atoms with Crippen molar-refractivity contribution in [2.45, 2.75) is 25.4 Å². The third-order valence-electron chi connectivity index (χ3n) is 4.19. The zero-order valence-corrected chi connectivity index (χ0v) is 11.7. The highest BCUT2D eigenvalue weighted by atomic mass is 19.1. The molecule has 1 unspecified atom stereocenters. The van der Waals surface area contributed by atoms with Crippen molar-refractivity contribution in [1.29, 1.82) is 0 Å². The number of nitrogens with two attached hydrogens (primary N) is 1. The molecule has 4 heteroatoms. The summed E-state index contributed by atoms with van der Waals surface area (Å²) in [4.78, 5) is 6.62. The zero-order chi connectivity index (χ0) is 14.1. The molecule has 1 heterocycles. The number of rotatable bonds is 5. The smallest absolute Gasteiger partial charge is 0.132 e. The van der Waals surface area contributed by atoms with Crippen LogP contribution in [0, 0.1) is 11.7 Å². The van der Waals surface area contributed by atoms with Crippen molar-refractivity contribution in [3.63, 3.8) is 0 Å². The summed E-state index contributed by atoms with van der Waals surface area (Å²) in [6.45, 7) is 1.43. The Balaban J connectivity index is 1.88. The van der Waals surface area contributed by atoms with Crippen LogP contribution in [0.4, 0.5) is 4.39 Å². The van der Waals surface area contributed by atoms with Gasteiger partial charge in [0.15, 0.2) is 0 Å². The summed E-state index contributed by atoms with van der Waals surface area (Å²) in [5.74, 6) is 0.516. The SMILES string of the molecule is CN(Cc1ccc(F)c2cccnc12)C(CN)C1CC1. The Bertz CT molecular complexity index is 610. The molecule has 2 N–H and O–H groups in total. The van der Waals surface area contributed by atoms with Gasteiger partial charge in [-0.05, 0) is 49.6 Å². The van der Waals surface area contributed by atoms with E-state index in [1.807, 2.05) is 6.07 Å². The molecule has 1 aliphatic rings. The second kappa shape index (κ2) is 5.46. The maximum atomic E-state index is 13.8. The van der Waals surface area contributed by atoms with Crippen LogP contribution < -0.4 is 5.73 Å². The van der Waals surface area contributed by atoms with Gasteiger partial charge in [-0.15, -0.1) is 0 Å². The maximum Gasteiger partial charge on any atom is 0.132 e. The molecular weight excluding hydrogens is 253 g/mol. The molecule has 20 heavy (non-hydrogen) atoms. The minimum atomic E-state index is -0.211. The Morgan fingerprint density at radius 2 is 2.20 bits per heavy atom. The highest BCUT2D eigenvalue weighted by Crippen LogP contribution is 2.35. The van der Waals surface area contributed by atoms with Gasteiger partial charge < -0.3 is 5.73 Å². The van der Waals surface area contributed by atoms with Crippen molar-refractivity contribution in [2.24, 2.45) is 11.7 Å². The van der Waals surface area contributed by atoms with Gasteiger partial charge in [-0.2, -0.15) is 0 Å². The quantitative estimate of drug-likeness (QED) is 0.910. The van der Waals surface area contributed by atoms with Crippen molar-refractivity contribution in [1.82, 2.24) is 9.88 Å². The number of aromatic nitrogens is 1. The zero-order valence-electron chi connectivity index (χ0n) is 11.7. The summed E-state index contributed by atoms with van der Waals surface area (Å²) in [6, 6.07) is 7.33. The summed E-state index contributed by atoms with van der Waals surface area (Å²) in [5, 5.41) is 0.592. The molecule has 3 rings (SSSR count). The fourth-order valence-corrected chi connectivity index (χ4v) is 2.92. The van der Waals surface area contributed by atoms with Gasteiger partial charge in [-0.25, -0.2) is 4.39 Å². The van der Waals surface area contributed by atoms with Gasteiger partial charge in [0, 0.05) is 30.7 Å². The van der Waals surface area contributed by atoms with Gasteiger partial charge in [0.1, 0.15) is 5.82 Å². The van der Waals surface area contributed by atoms with E-state index in [4.69, 9.17) is 5.73 Å². The molecule has 106 valence electrons. The lowest BCUT2D eigenvalue weighted by molar-refractivity contribution is 0.216. The highest BCUT2D eigenvalue weighted by molar-refractivity contribution is 5.82. The van der Waals surface area contributed by atoms with E-state index in [1.54, 1.807) is 18.3 Å². The molecule has 1 fully saturated rings. The van der Waals surface area contributed by atoms with Gasteiger partial charge in [0.2, 0.25) is 0 Å². The molecule has 0 amide bonds. The number of pyridine rings is 1. The first kappa shape index (κ1) is 13.5. The fourth-order valence-electron chi connectivity index (χ4n) is 2.92. The molecule has 1 aromatic heterocycles. The van der Waals surface area contributed by atoms with E-state index in [2.05, 4.69) is 16.9 Å². The number of benzene rings is 1. The second-order valence-corrected chi connectivity index (χ2v) is 5.66. The van der Waals surface area contributed by atoms with Crippen LogP contribution in [-0.2, 0) is 6.54 Å².